The van der Waals surface area contributed by atoms with E-state index < -0.39 is 12.0 Å². The molecule has 1 aliphatic carbocycles. The quantitative estimate of drug-likeness (QED) is 0.570. The molecule has 0 saturated heterocycles. The fourth-order valence-electron chi connectivity index (χ4n) is 2.11. The molecule has 0 amide bonds. The third-order valence-electron chi connectivity index (χ3n) is 3.29. The standard InChI is InChI=1S/C12H8BrCl2F2N3/c1-20(7-3-6(7)16)11-4-2-5(14)8(13)9(17)10(4)18-12(15)19-11/h2,6-7H,3H2,1H3/t6-,7-/m0/s1. The fraction of sp³-hybridized carbons (Fsp3) is 0.333. The number of anilines is 1. The summed E-state index contributed by atoms with van der Waals surface area (Å²) in [5.41, 5.74) is 0.0548. The molecule has 1 saturated carbocycles. The molecule has 8 heteroatoms. The Morgan fingerprint density at radius 3 is 2.65 bits per heavy atom. The predicted octanol–water partition coefficient (Wildman–Crippen LogP) is 4.38. The van der Waals surface area contributed by atoms with Gasteiger partial charge in [-0.3, -0.25) is 0 Å². The minimum absolute atomic E-state index is 0.0548. The molecule has 0 N–H and O–H groups in total. The number of alkyl halides is 1. The van der Waals surface area contributed by atoms with Crippen molar-refractivity contribution in [2.24, 2.45) is 0 Å². The highest BCUT2D eigenvalue weighted by Gasteiger charge is 2.42. The number of hydrogen-bond donors (Lipinski definition) is 0. The average Bonchev–Trinajstić information content (AvgIpc) is 3.13. The first-order valence-electron chi connectivity index (χ1n) is 5.77. The Kier molecular flexibility index (Phi) is 3.51. The van der Waals surface area contributed by atoms with Crippen molar-refractivity contribution in [3.05, 3.63) is 26.7 Å². The van der Waals surface area contributed by atoms with E-state index in [1.54, 1.807) is 18.0 Å². The highest BCUT2D eigenvalue weighted by Crippen LogP contribution is 2.39. The Labute approximate surface area is 132 Å². The van der Waals surface area contributed by atoms with Crippen LogP contribution in [0, 0.1) is 5.82 Å². The summed E-state index contributed by atoms with van der Waals surface area (Å²) >= 11 is 14.9. The van der Waals surface area contributed by atoms with E-state index in [1.165, 1.54) is 0 Å². The molecular formula is C12H8BrCl2F2N3. The summed E-state index contributed by atoms with van der Waals surface area (Å²) in [5.74, 6) is -0.238. The molecule has 0 spiro atoms. The normalized spacial score (nSPS) is 21.3. The van der Waals surface area contributed by atoms with Crippen LogP contribution in [0.2, 0.25) is 10.3 Å². The van der Waals surface area contributed by atoms with Crippen molar-refractivity contribution in [1.29, 1.82) is 0 Å². The van der Waals surface area contributed by atoms with E-state index in [0.29, 0.717) is 17.6 Å². The third kappa shape index (κ3) is 2.23. The molecule has 1 aromatic carbocycles. The van der Waals surface area contributed by atoms with E-state index in [4.69, 9.17) is 23.2 Å². The summed E-state index contributed by atoms with van der Waals surface area (Å²) in [6, 6.07) is 1.27. The topological polar surface area (TPSA) is 29.0 Å². The molecule has 1 fully saturated rings. The van der Waals surface area contributed by atoms with Gasteiger partial charge in [0.05, 0.1) is 15.5 Å². The molecule has 0 radical (unpaired) electrons. The number of nitrogens with zero attached hydrogens (tertiary/aromatic N) is 3. The second-order valence-electron chi connectivity index (χ2n) is 4.63. The Morgan fingerprint density at radius 2 is 2.05 bits per heavy atom. The number of benzene rings is 1. The van der Waals surface area contributed by atoms with Gasteiger partial charge >= 0.3 is 0 Å². The molecule has 0 unspecified atom stereocenters. The van der Waals surface area contributed by atoms with Crippen LogP contribution >= 0.6 is 39.1 Å². The van der Waals surface area contributed by atoms with Crippen molar-refractivity contribution in [2.75, 3.05) is 11.9 Å². The zero-order valence-electron chi connectivity index (χ0n) is 10.2. The summed E-state index contributed by atoms with van der Waals surface area (Å²) in [7, 11) is 1.69. The lowest BCUT2D eigenvalue weighted by Gasteiger charge is -2.19. The predicted molar refractivity (Wildman–Crippen MR) is 78.9 cm³/mol. The van der Waals surface area contributed by atoms with Gasteiger partial charge in [0.25, 0.3) is 0 Å². The first kappa shape index (κ1) is 14.2. The van der Waals surface area contributed by atoms with Crippen LogP contribution in [-0.4, -0.2) is 29.2 Å². The summed E-state index contributed by atoms with van der Waals surface area (Å²) in [5, 5.41) is 0.508. The zero-order valence-corrected chi connectivity index (χ0v) is 13.3. The van der Waals surface area contributed by atoms with Crippen molar-refractivity contribution < 1.29 is 8.78 Å². The van der Waals surface area contributed by atoms with Gasteiger partial charge in [0, 0.05) is 18.9 Å². The van der Waals surface area contributed by atoms with Gasteiger partial charge in [-0.1, -0.05) is 11.6 Å². The molecule has 2 atom stereocenters. The smallest absolute Gasteiger partial charge is 0.225 e. The molecule has 1 aliphatic rings. The maximum Gasteiger partial charge on any atom is 0.225 e. The summed E-state index contributed by atoms with van der Waals surface area (Å²) in [6.07, 6.45) is -0.480. The van der Waals surface area contributed by atoms with Crippen LogP contribution in [0.3, 0.4) is 0 Å². The van der Waals surface area contributed by atoms with Crippen LogP contribution in [0.15, 0.2) is 10.5 Å². The minimum Gasteiger partial charge on any atom is -0.353 e. The van der Waals surface area contributed by atoms with Gasteiger partial charge in [0.2, 0.25) is 5.28 Å². The molecule has 0 aliphatic heterocycles. The minimum atomic E-state index is -0.903. The Morgan fingerprint density at radius 1 is 1.40 bits per heavy atom. The van der Waals surface area contributed by atoms with Gasteiger partial charge < -0.3 is 4.90 Å². The number of hydrogen-bond acceptors (Lipinski definition) is 3. The van der Waals surface area contributed by atoms with Gasteiger partial charge in [-0.15, -0.1) is 0 Å². The molecule has 20 heavy (non-hydrogen) atoms. The molecule has 1 aromatic heterocycles. The van der Waals surface area contributed by atoms with Gasteiger partial charge in [0.15, 0.2) is 5.82 Å². The Hall–Kier alpha value is -0.720. The molecule has 1 heterocycles. The van der Waals surface area contributed by atoms with Gasteiger partial charge in [-0.25, -0.2) is 13.8 Å². The van der Waals surface area contributed by atoms with Crippen molar-refractivity contribution in [2.45, 2.75) is 18.6 Å². The lowest BCUT2D eigenvalue weighted by molar-refractivity contribution is 0.464. The molecule has 106 valence electrons. The molecule has 3 rings (SSSR count). The second-order valence-corrected chi connectivity index (χ2v) is 6.17. The van der Waals surface area contributed by atoms with E-state index >= 15 is 0 Å². The zero-order chi connectivity index (χ0) is 14.6. The van der Waals surface area contributed by atoms with Crippen LogP contribution < -0.4 is 4.90 Å². The van der Waals surface area contributed by atoms with Gasteiger partial charge in [-0.2, -0.15) is 4.98 Å². The van der Waals surface area contributed by atoms with Crippen molar-refractivity contribution >= 4 is 55.9 Å². The van der Waals surface area contributed by atoms with E-state index in [9.17, 15) is 8.78 Å². The summed E-state index contributed by atoms with van der Waals surface area (Å²) in [6.45, 7) is 0. The van der Waals surface area contributed by atoms with Crippen LogP contribution in [0.1, 0.15) is 6.42 Å². The maximum absolute atomic E-state index is 14.2. The number of halogens is 5. The SMILES string of the molecule is CN(c1nc(Cl)nc2c(F)c(Br)c(Cl)cc12)[C@H]1C[C@@H]1F. The van der Waals surface area contributed by atoms with Crippen LogP contribution in [0.5, 0.6) is 0 Å². The number of rotatable bonds is 2. The lowest BCUT2D eigenvalue weighted by atomic mass is 10.2. The Balaban J connectivity index is 2.26. The largest absolute Gasteiger partial charge is 0.353 e. The van der Waals surface area contributed by atoms with Gasteiger partial charge in [-0.05, 0) is 33.6 Å². The van der Waals surface area contributed by atoms with Crippen molar-refractivity contribution in [1.82, 2.24) is 9.97 Å². The first-order chi connectivity index (χ1) is 9.40. The third-order valence-corrected chi connectivity index (χ3v) is 4.76. The lowest BCUT2D eigenvalue weighted by Crippen LogP contribution is -2.23. The first-order valence-corrected chi connectivity index (χ1v) is 7.32. The maximum atomic E-state index is 14.2. The summed E-state index contributed by atoms with van der Waals surface area (Å²) < 4.78 is 27.5. The van der Waals surface area contributed by atoms with Crippen LogP contribution in [0.25, 0.3) is 10.9 Å². The van der Waals surface area contributed by atoms with Crippen molar-refractivity contribution in [3.8, 4) is 0 Å². The molecule has 0 bridgehead atoms. The second kappa shape index (κ2) is 4.93. The molecular weight excluding hydrogens is 375 g/mol. The van der Waals surface area contributed by atoms with Crippen LogP contribution in [-0.2, 0) is 0 Å². The van der Waals surface area contributed by atoms with E-state index in [-0.39, 0.29) is 26.3 Å². The number of aromatic nitrogens is 2. The molecule has 3 nitrogen and oxygen atoms in total. The highest BCUT2D eigenvalue weighted by atomic mass is 79.9. The molecule has 2 aromatic rings. The van der Waals surface area contributed by atoms with E-state index in [1.807, 2.05) is 0 Å². The highest BCUT2D eigenvalue weighted by molar-refractivity contribution is 9.10. The van der Waals surface area contributed by atoms with E-state index in [2.05, 4.69) is 25.9 Å². The number of fused-ring (bicyclic) bond motifs is 1. The van der Waals surface area contributed by atoms with Gasteiger partial charge in [0.1, 0.15) is 17.5 Å². The monoisotopic (exact) mass is 381 g/mol. The van der Waals surface area contributed by atoms with Crippen LogP contribution in [0.4, 0.5) is 14.6 Å². The van der Waals surface area contributed by atoms with Crippen molar-refractivity contribution in [3.63, 3.8) is 0 Å². The average molecular weight is 383 g/mol. The Bertz CT molecular complexity index is 713. The van der Waals surface area contributed by atoms with E-state index in [0.717, 1.165) is 0 Å². The summed E-state index contributed by atoms with van der Waals surface area (Å²) in [4.78, 5) is 9.61. The fourth-order valence-corrected chi connectivity index (χ4v) is 2.77.